The Morgan fingerprint density at radius 1 is 1.30 bits per heavy atom. The van der Waals surface area contributed by atoms with E-state index in [4.69, 9.17) is 9.97 Å². The van der Waals surface area contributed by atoms with E-state index in [0.29, 0.717) is 17.4 Å². The van der Waals surface area contributed by atoms with Crippen LogP contribution in [-0.2, 0) is 17.2 Å². The molecule has 0 bridgehead atoms. The predicted octanol–water partition coefficient (Wildman–Crippen LogP) is 3.05. The molecule has 7 heteroatoms. The molecule has 1 saturated heterocycles. The van der Waals surface area contributed by atoms with Crippen LogP contribution in [0.15, 0.2) is 29.2 Å². The molecule has 1 fully saturated rings. The number of hydrogen-bond acceptors (Lipinski definition) is 6. The third-order valence-corrected chi connectivity index (χ3v) is 6.80. The molecular weight excluding hydrogens is 360 g/mol. The molecule has 2 aromatic rings. The Labute approximate surface area is 162 Å². The number of nitrogens with zero attached hydrogens (tertiary/aromatic N) is 3. The number of anilines is 2. The smallest absolute Gasteiger partial charge is 0.227 e. The highest BCUT2D eigenvalue weighted by molar-refractivity contribution is 7.85. The van der Waals surface area contributed by atoms with Gasteiger partial charge in [0, 0.05) is 31.8 Å². The fourth-order valence-corrected chi connectivity index (χ4v) is 5.21. The number of benzene rings is 1. The van der Waals surface area contributed by atoms with Gasteiger partial charge in [-0.2, -0.15) is 4.98 Å². The first-order valence-electron chi connectivity index (χ1n) is 9.72. The van der Waals surface area contributed by atoms with Gasteiger partial charge in [0.15, 0.2) is 0 Å². The normalized spacial score (nSPS) is 19.9. The summed E-state index contributed by atoms with van der Waals surface area (Å²) >= 11 is 0. The number of aromatic nitrogens is 2. The summed E-state index contributed by atoms with van der Waals surface area (Å²) in [5, 5.41) is 13.1. The van der Waals surface area contributed by atoms with Crippen molar-refractivity contribution in [1.29, 1.82) is 0 Å². The van der Waals surface area contributed by atoms with Crippen LogP contribution in [0.25, 0.3) is 0 Å². The standard InChI is InChI=1S/C20H26N4O2S/c1-2-9-21-19-18-17(8-12-27(18)26)22-20(23-19)24-10-6-14(7-11-24)15-4-3-5-16(25)13-15/h3-5,13-14,25H,2,6-12H2,1H3,(H,21,22,23). The fraction of sp³-hybridized carbons (Fsp3) is 0.500. The van der Waals surface area contributed by atoms with E-state index in [-0.39, 0.29) is 0 Å². The minimum atomic E-state index is -0.989. The van der Waals surface area contributed by atoms with Gasteiger partial charge in [0.25, 0.3) is 0 Å². The minimum absolute atomic E-state index is 0.330. The molecule has 6 nitrogen and oxygen atoms in total. The molecule has 0 radical (unpaired) electrons. The van der Waals surface area contributed by atoms with E-state index in [1.807, 2.05) is 12.1 Å². The zero-order valence-corrected chi connectivity index (χ0v) is 16.5. The van der Waals surface area contributed by atoms with Crippen LogP contribution in [0.1, 0.15) is 43.4 Å². The van der Waals surface area contributed by atoms with Crippen molar-refractivity contribution in [2.75, 3.05) is 35.6 Å². The van der Waals surface area contributed by atoms with E-state index in [2.05, 4.69) is 23.2 Å². The van der Waals surface area contributed by atoms with Gasteiger partial charge in [-0.25, -0.2) is 4.98 Å². The first kappa shape index (κ1) is 18.2. The van der Waals surface area contributed by atoms with Crippen LogP contribution in [0, 0.1) is 0 Å². The van der Waals surface area contributed by atoms with Gasteiger partial charge in [0.05, 0.1) is 16.5 Å². The molecule has 0 aliphatic carbocycles. The molecule has 0 amide bonds. The van der Waals surface area contributed by atoms with E-state index in [0.717, 1.165) is 67.7 Å². The third kappa shape index (κ3) is 3.78. The van der Waals surface area contributed by atoms with Crippen molar-refractivity contribution >= 4 is 22.6 Å². The molecule has 4 rings (SSSR count). The largest absolute Gasteiger partial charge is 0.508 e. The number of piperidine rings is 1. The van der Waals surface area contributed by atoms with Crippen molar-refractivity contribution in [3.63, 3.8) is 0 Å². The number of hydrogen-bond donors (Lipinski definition) is 2. The van der Waals surface area contributed by atoms with Crippen LogP contribution in [0.4, 0.5) is 11.8 Å². The zero-order valence-electron chi connectivity index (χ0n) is 15.6. The fourth-order valence-electron chi connectivity index (χ4n) is 3.88. The van der Waals surface area contributed by atoms with Gasteiger partial charge in [-0.1, -0.05) is 19.1 Å². The first-order valence-corrected chi connectivity index (χ1v) is 11.0. The molecule has 0 saturated carbocycles. The second kappa shape index (κ2) is 7.84. The summed E-state index contributed by atoms with van der Waals surface area (Å²) in [6.07, 6.45) is 3.77. The lowest BCUT2D eigenvalue weighted by atomic mass is 9.89. The van der Waals surface area contributed by atoms with Crippen LogP contribution in [0.3, 0.4) is 0 Å². The Morgan fingerprint density at radius 3 is 2.85 bits per heavy atom. The molecular formula is C20H26N4O2S. The highest BCUT2D eigenvalue weighted by Crippen LogP contribution is 2.33. The van der Waals surface area contributed by atoms with E-state index < -0.39 is 10.8 Å². The average molecular weight is 387 g/mol. The number of aromatic hydroxyl groups is 1. The van der Waals surface area contributed by atoms with Gasteiger partial charge in [-0.3, -0.25) is 4.21 Å². The topological polar surface area (TPSA) is 78.3 Å². The van der Waals surface area contributed by atoms with Crippen molar-refractivity contribution < 1.29 is 9.32 Å². The number of nitrogens with one attached hydrogen (secondary N) is 1. The second-order valence-corrected chi connectivity index (χ2v) is 8.74. The summed E-state index contributed by atoms with van der Waals surface area (Å²) in [5.41, 5.74) is 2.14. The molecule has 27 heavy (non-hydrogen) atoms. The van der Waals surface area contributed by atoms with Crippen LogP contribution >= 0.6 is 0 Å². The van der Waals surface area contributed by atoms with E-state index in [1.54, 1.807) is 6.07 Å². The Kier molecular flexibility index (Phi) is 5.29. The van der Waals surface area contributed by atoms with Gasteiger partial charge < -0.3 is 15.3 Å². The van der Waals surface area contributed by atoms with Crippen molar-refractivity contribution in [3.05, 3.63) is 35.5 Å². The maximum atomic E-state index is 12.3. The van der Waals surface area contributed by atoms with Crippen LogP contribution in [0.5, 0.6) is 5.75 Å². The molecule has 3 heterocycles. The number of phenols is 1. The quantitative estimate of drug-likeness (QED) is 0.822. The molecule has 0 spiro atoms. The van der Waals surface area contributed by atoms with Crippen LogP contribution in [0.2, 0.25) is 0 Å². The van der Waals surface area contributed by atoms with Crippen molar-refractivity contribution in [2.24, 2.45) is 0 Å². The Balaban J connectivity index is 1.52. The van der Waals surface area contributed by atoms with Gasteiger partial charge in [-0.05, 0) is 42.9 Å². The molecule has 1 aromatic carbocycles. The Hall–Kier alpha value is -2.15. The van der Waals surface area contributed by atoms with Crippen LogP contribution < -0.4 is 10.2 Å². The minimum Gasteiger partial charge on any atom is -0.508 e. The third-order valence-electron chi connectivity index (χ3n) is 5.34. The monoisotopic (exact) mass is 386 g/mol. The lowest BCUT2D eigenvalue weighted by molar-refractivity contribution is 0.467. The van der Waals surface area contributed by atoms with Gasteiger partial charge in [0.2, 0.25) is 5.95 Å². The van der Waals surface area contributed by atoms with E-state index in [1.165, 1.54) is 5.56 Å². The molecule has 1 atom stereocenters. The SMILES string of the molecule is CCCNc1nc(N2CCC(c3cccc(O)c3)CC2)nc2c1S(=O)CC2. The maximum absolute atomic E-state index is 12.3. The Bertz CT molecular complexity index is 850. The zero-order chi connectivity index (χ0) is 18.8. The van der Waals surface area contributed by atoms with Gasteiger partial charge in [0.1, 0.15) is 16.5 Å². The summed E-state index contributed by atoms with van der Waals surface area (Å²) < 4.78 is 12.3. The second-order valence-electron chi connectivity index (χ2n) is 7.23. The lowest BCUT2D eigenvalue weighted by Gasteiger charge is -2.32. The number of aryl methyl sites for hydroxylation is 1. The van der Waals surface area contributed by atoms with E-state index >= 15 is 0 Å². The first-order chi connectivity index (χ1) is 13.2. The summed E-state index contributed by atoms with van der Waals surface area (Å²) in [6, 6.07) is 7.58. The lowest BCUT2D eigenvalue weighted by Crippen LogP contribution is -2.34. The summed E-state index contributed by atoms with van der Waals surface area (Å²) in [6.45, 7) is 4.70. The highest BCUT2D eigenvalue weighted by Gasteiger charge is 2.28. The summed E-state index contributed by atoms with van der Waals surface area (Å²) in [5.74, 6) is 2.93. The van der Waals surface area contributed by atoms with Crippen molar-refractivity contribution in [2.45, 2.75) is 43.4 Å². The maximum Gasteiger partial charge on any atom is 0.227 e. The molecule has 2 aliphatic rings. The Morgan fingerprint density at radius 2 is 2.11 bits per heavy atom. The molecule has 1 unspecified atom stereocenters. The number of fused-ring (bicyclic) bond motifs is 1. The van der Waals surface area contributed by atoms with E-state index in [9.17, 15) is 9.32 Å². The van der Waals surface area contributed by atoms with Crippen LogP contribution in [-0.4, -0.2) is 44.7 Å². The number of phenolic OH excluding ortho intramolecular Hbond substituents is 1. The molecule has 144 valence electrons. The van der Waals surface area contributed by atoms with Gasteiger partial charge >= 0.3 is 0 Å². The molecule has 1 aromatic heterocycles. The predicted molar refractivity (Wildman–Crippen MR) is 108 cm³/mol. The molecule has 2 aliphatic heterocycles. The van der Waals surface area contributed by atoms with Crippen molar-refractivity contribution in [3.8, 4) is 5.75 Å². The highest BCUT2D eigenvalue weighted by atomic mass is 32.2. The number of rotatable bonds is 5. The summed E-state index contributed by atoms with van der Waals surface area (Å²) in [7, 11) is -0.989. The van der Waals surface area contributed by atoms with Crippen molar-refractivity contribution in [1.82, 2.24) is 9.97 Å². The average Bonchev–Trinajstić information content (AvgIpc) is 3.07. The molecule has 2 N–H and O–H groups in total. The van der Waals surface area contributed by atoms with Gasteiger partial charge in [-0.15, -0.1) is 0 Å². The summed E-state index contributed by atoms with van der Waals surface area (Å²) in [4.78, 5) is 12.5.